The van der Waals surface area contributed by atoms with Gasteiger partial charge in [-0.1, -0.05) is 0 Å². The first-order valence-corrected chi connectivity index (χ1v) is 3.93. The molecular weight excluding hydrogens is 286 g/mol. The smallest absolute Gasteiger partial charge is 0.268 e. The van der Waals surface area contributed by atoms with Crippen LogP contribution in [-0.2, 0) is 0 Å². The van der Waals surface area contributed by atoms with E-state index in [1.54, 1.807) is 22.6 Å². The highest BCUT2D eigenvalue weighted by molar-refractivity contribution is 14.1. The molecule has 0 aliphatic carbocycles. The van der Waals surface area contributed by atoms with Gasteiger partial charge in [-0.05, 0) is 22.6 Å². The van der Waals surface area contributed by atoms with Crippen LogP contribution in [0, 0.1) is 9.52 Å². The Balaban J connectivity index is 3.33. The van der Waals surface area contributed by atoms with Crippen molar-refractivity contribution in [2.75, 3.05) is 0 Å². The van der Waals surface area contributed by atoms with Gasteiger partial charge in [-0.3, -0.25) is 0 Å². The molecule has 0 spiro atoms. The molecule has 1 heterocycles. The lowest BCUT2D eigenvalue weighted by atomic mass is 10.2. The Hall–Kier alpha value is -0.530. The van der Waals surface area contributed by atoms with Gasteiger partial charge in [-0.2, -0.15) is 4.39 Å². The third-order valence-electron chi connectivity index (χ3n) is 1.22. The zero-order valence-electron chi connectivity index (χ0n) is 5.56. The molecule has 0 unspecified atom stereocenters. The van der Waals surface area contributed by atoms with E-state index in [1.807, 2.05) is 0 Å². The van der Waals surface area contributed by atoms with Gasteiger partial charge in [0.25, 0.3) is 12.4 Å². The van der Waals surface area contributed by atoms with E-state index in [-0.39, 0.29) is 3.57 Å². The van der Waals surface area contributed by atoms with Crippen molar-refractivity contribution in [3.8, 4) is 5.75 Å². The first-order chi connectivity index (χ1) is 5.54. The largest absolute Gasteiger partial charge is 0.503 e. The average Bonchev–Trinajstić information content (AvgIpc) is 1.97. The zero-order valence-corrected chi connectivity index (χ0v) is 7.72. The van der Waals surface area contributed by atoms with E-state index in [0.29, 0.717) is 0 Å². The van der Waals surface area contributed by atoms with Crippen molar-refractivity contribution in [3.05, 3.63) is 21.3 Å². The summed E-state index contributed by atoms with van der Waals surface area (Å²) in [5.74, 6) is -2.34. The van der Waals surface area contributed by atoms with Crippen LogP contribution in [0.1, 0.15) is 12.0 Å². The molecule has 1 N–H and O–H groups in total. The molecule has 0 bridgehead atoms. The van der Waals surface area contributed by atoms with Crippen LogP contribution >= 0.6 is 22.6 Å². The summed E-state index contributed by atoms with van der Waals surface area (Å²) in [7, 11) is 0. The van der Waals surface area contributed by atoms with Gasteiger partial charge in [0.2, 0.25) is 0 Å². The Morgan fingerprint density at radius 1 is 1.50 bits per heavy atom. The van der Waals surface area contributed by atoms with E-state index in [2.05, 4.69) is 4.98 Å². The van der Waals surface area contributed by atoms with Crippen LogP contribution in [0.5, 0.6) is 5.75 Å². The maximum absolute atomic E-state index is 12.4. The first-order valence-electron chi connectivity index (χ1n) is 2.85. The summed E-state index contributed by atoms with van der Waals surface area (Å²) in [6, 6.07) is 0. The fraction of sp³-hybridized carbons (Fsp3) is 0.167. The summed E-state index contributed by atoms with van der Waals surface area (Å²) in [6.07, 6.45) is -1.95. The summed E-state index contributed by atoms with van der Waals surface area (Å²) in [6.45, 7) is 0. The monoisotopic (exact) mass is 289 g/mol. The highest BCUT2D eigenvalue weighted by Gasteiger charge is 2.20. The molecule has 1 aromatic rings. The summed E-state index contributed by atoms with van der Waals surface area (Å²) < 4.78 is 36.7. The Kier molecular flexibility index (Phi) is 2.76. The van der Waals surface area contributed by atoms with Crippen LogP contribution in [0.4, 0.5) is 13.2 Å². The molecular formula is C6H3F3INO. The lowest BCUT2D eigenvalue weighted by molar-refractivity contribution is 0.145. The van der Waals surface area contributed by atoms with Crippen LogP contribution in [0.25, 0.3) is 0 Å². The Morgan fingerprint density at radius 3 is 2.50 bits per heavy atom. The van der Waals surface area contributed by atoms with Crippen LogP contribution < -0.4 is 0 Å². The van der Waals surface area contributed by atoms with Crippen LogP contribution in [0.3, 0.4) is 0 Å². The average molecular weight is 289 g/mol. The minimum Gasteiger partial charge on any atom is -0.503 e. The van der Waals surface area contributed by atoms with Gasteiger partial charge in [0.1, 0.15) is 0 Å². The van der Waals surface area contributed by atoms with Gasteiger partial charge >= 0.3 is 0 Å². The second-order valence-corrected chi connectivity index (χ2v) is 3.12. The molecule has 1 rings (SSSR count). The lowest BCUT2D eigenvalue weighted by Gasteiger charge is -2.04. The van der Waals surface area contributed by atoms with Crippen molar-refractivity contribution in [3.63, 3.8) is 0 Å². The maximum Gasteiger partial charge on any atom is 0.268 e. The van der Waals surface area contributed by atoms with E-state index in [1.165, 1.54) is 0 Å². The second-order valence-electron chi connectivity index (χ2n) is 1.96. The lowest BCUT2D eigenvalue weighted by Crippen LogP contribution is -1.95. The Labute approximate surface area is 79.6 Å². The number of hydrogen-bond acceptors (Lipinski definition) is 2. The van der Waals surface area contributed by atoms with E-state index in [9.17, 15) is 13.2 Å². The van der Waals surface area contributed by atoms with E-state index in [0.717, 1.165) is 6.20 Å². The highest BCUT2D eigenvalue weighted by Crippen LogP contribution is 2.32. The number of halogens is 4. The first kappa shape index (κ1) is 9.56. The molecule has 2 nitrogen and oxygen atoms in total. The molecule has 0 aliphatic heterocycles. The van der Waals surface area contributed by atoms with Gasteiger partial charge in [-0.25, -0.2) is 13.8 Å². The Bertz CT molecular complexity index is 305. The molecule has 66 valence electrons. The predicted octanol–water partition coefficient (Wildman–Crippen LogP) is 2.47. The molecule has 0 fully saturated rings. The summed E-state index contributed by atoms with van der Waals surface area (Å²) >= 11 is 1.55. The van der Waals surface area contributed by atoms with Gasteiger partial charge in [-0.15, -0.1) is 0 Å². The van der Waals surface area contributed by atoms with Crippen molar-refractivity contribution in [2.45, 2.75) is 6.43 Å². The quantitative estimate of drug-likeness (QED) is 0.636. The molecule has 0 aromatic carbocycles. The molecule has 6 heteroatoms. The second kappa shape index (κ2) is 3.46. The number of alkyl halides is 2. The molecule has 1 aromatic heterocycles. The van der Waals surface area contributed by atoms with E-state index in [4.69, 9.17) is 5.11 Å². The minimum atomic E-state index is -2.89. The Morgan fingerprint density at radius 2 is 2.08 bits per heavy atom. The molecule has 0 amide bonds. The third-order valence-corrected chi connectivity index (χ3v) is 2.08. The number of pyridine rings is 1. The zero-order chi connectivity index (χ0) is 9.30. The van der Waals surface area contributed by atoms with Crippen molar-refractivity contribution in [2.24, 2.45) is 0 Å². The normalized spacial score (nSPS) is 10.8. The minimum absolute atomic E-state index is 0.0431. The molecule has 12 heavy (non-hydrogen) atoms. The molecule has 0 saturated heterocycles. The summed E-state index contributed by atoms with van der Waals surface area (Å²) in [4.78, 5) is 3.06. The third kappa shape index (κ3) is 1.62. The predicted molar refractivity (Wildman–Crippen MR) is 43.5 cm³/mol. The fourth-order valence-corrected chi connectivity index (χ4v) is 1.31. The molecule has 0 atom stereocenters. The summed E-state index contributed by atoms with van der Waals surface area (Å²) in [5.41, 5.74) is -0.705. The topological polar surface area (TPSA) is 33.1 Å². The summed E-state index contributed by atoms with van der Waals surface area (Å²) in [5, 5.41) is 8.83. The molecule has 0 aliphatic rings. The number of rotatable bonds is 1. The van der Waals surface area contributed by atoms with E-state index < -0.39 is 23.7 Å². The SMILES string of the molecule is Oc1c(F)ncc(I)c1C(F)F. The molecule has 0 saturated carbocycles. The van der Waals surface area contributed by atoms with Gasteiger partial charge in [0, 0.05) is 9.77 Å². The van der Waals surface area contributed by atoms with Crippen molar-refractivity contribution in [1.29, 1.82) is 0 Å². The van der Waals surface area contributed by atoms with Crippen molar-refractivity contribution in [1.82, 2.24) is 4.98 Å². The van der Waals surface area contributed by atoms with Gasteiger partial charge in [0.15, 0.2) is 5.75 Å². The number of hydrogen-bond donors (Lipinski definition) is 1. The number of nitrogens with zero attached hydrogens (tertiary/aromatic N) is 1. The number of aromatic nitrogens is 1. The van der Waals surface area contributed by atoms with Gasteiger partial charge < -0.3 is 5.11 Å². The van der Waals surface area contributed by atoms with Crippen LogP contribution in [-0.4, -0.2) is 10.1 Å². The maximum atomic E-state index is 12.4. The van der Waals surface area contributed by atoms with Crippen molar-refractivity contribution >= 4 is 22.6 Å². The van der Waals surface area contributed by atoms with Crippen LogP contribution in [0.15, 0.2) is 6.20 Å². The highest BCUT2D eigenvalue weighted by atomic mass is 127. The molecule has 0 radical (unpaired) electrons. The number of aromatic hydroxyl groups is 1. The standard InChI is InChI=1S/C6H3F3INO/c7-5(8)3-2(10)1-11-6(9)4(3)12/h1,5,12H. The van der Waals surface area contributed by atoms with Gasteiger partial charge in [0.05, 0.1) is 5.56 Å². The van der Waals surface area contributed by atoms with Crippen molar-refractivity contribution < 1.29 is 18.3 Å². The van der Waals surface area contributed by atoms with Crippen LogP contribution in [0.2, 0.25) is 0 Å². The fourth-order valence-electron chi connectivity index (χ4n) is 0.676. The van der Waals surface area contributed by atoms with E-state index >= 15 is 0 Å².